The highest BCUT2D eigenvalue weighted by Crippen LogP contribution is 2.41. The van der Waals surface area contributed by atoms with E-state index in [-0.39, 0.29) is 25.0 Å². The number of hydrogen-bond acceptors (Lipinski definition) is 5. The summed E-state index contributed by atoms with van der Waals surface area (Å²) in [4.78, 5) is 31.5. The molecule has 2 aromatic rings. The van der Waals surface area contributed by atoms with Gasteiger partial charge in [-0.2, -0.15) is 0 Å². The van der Waals surface area contributed by atoms with Crippen LogP contribution in [0.25, 0.3) is 5.57 Å². The van der Waals surface area contributed by atoms with Gasteiger partial charge in [-0.1, -0.05) is 25.1 Å². The van der Waals surface area contributed by atoms with Gasteiger partial charge in [0.25, 0.3) is 0 Å². The van der Waals surface area contributed by atoms with E-state index in [0.29, 0.717) is 18.4 Å². The van der Waals surface area contributed by atoms with Gasteiger partial charge in [0.1, 0.15) is 6.67 Å². The molecule has 1 unspecified atom stereocenters. The van der Waals surface area contributed by atoms with E-state index < -0.39 is 5.41 Å². The summed E-state index contributed by atoms with van der Waals surface area (Å²) in [5, 5.41) is 15.8. The fourth-order valence-electron chi connectivity index (χ4n) is 3.61. The third-order valence-corrected chi connectivity index (χ3v) is 5.22. The molecule has 0 radical (unpaired) electrons. The minimum atomic E-state index is -0.465. The summed E-state index contributed by atoms with van der Waals surface area (Å²) in [6.45, 7) is 5.48. The number of allylic oxidation sites excluding steroid dienone is 2. The van der Waals surface area contributed by atoms with Gasteiger partial charge in [-0.3, -0.25) is 14.6 Å². The summed E-state index contributed by atoms with van der Waals surface area (Å²) >= 11 is 0. The molecule has 0 aliphatic heterocycles. The van der Waals surface area contributed by atoms with Gasteiger partial charge in [-0.25, -0.2) is 0 Å². The molecule has 158 valence electrons. The van der Waals surface area contributed by atoms with Gasteiger partial charge in [-0.15, -0.1) is 0 Å². The number of aliphatic hydroxyl groups excluding tert-OH is 1. The summed E-state index contributed by atoms with van der Waals surface area (Å²) < 4.78 is 0. The Hall–Kier alpha value is -3.19. The quantitative estimate of drug-likeness (QED) is 0.526. The van der Waals surface area contributed by atoms with E-state index in [2.05, 4.69) is 20.6 Å². The molecule has 1 aliphatic carbocycles. The van der Waals surface area contributed by atoms with Crippen molar-refractivity contribution in [1.29, 1.82) is 0 Å². The molecule has 4 N–H and O–H groups in total. The number of aliphatic imine (C=N–C) groups is 1. The predicted molar refractivity (Wildman–Crippen MR) is 119 cm³/mol. The van der Waals surface area contributed by atoms with Gasteiger partial charge < -0.3 is 20.7 Å². The van der Waals surface area contributed by atoms with Gasteiger partial charge in [0, 0.05) is 43.0 Å². The molecule has 0 bridgehead atoms. The molecule has 0 saturated heterocycles. The monoisotopic (exact) mass is 408 g/mol. The number of anilines is 2. The van der Waals surface area contributed by atoms with E-state index in [0.717, 1.165) is 28.3 Å². The summed E-state index contributed by atoms with van der Waals surface area (Å²) in [5.74, 6) is -0.120. The maximum Gasteiger partial charge on any atom is 0.218 e. The summed E-state index contributed by atoms with van der Waals surface area (Å²) in [7, 11) is 0. The van der Waals surface area contributed by atoms with Crippen LogP contribution in [0.5, 0.6) is 0 Å². The van der Waals surface area contributed by atoms with Crippen molar-refractivity contribution in [2.24, 2.45) is 10.4 Å². The molecule has 0 saturated carbocycles. The number of aromatic nitrogens is 1. The largest absolute Gasteiger partial charge is 0.396 e. The zero-order chi connectivity index (χ0) is 21.7. The lowest BCUT2D eigenvalue weighted by Crippen LogP contribution is -2.32. The normalized spacial score (nSPS) is 19.1. The van der Waals surface area contributed by atoms with Crippen molar-refractivity contribution in [3.8, 4) is 0 Å². The Morgan fingerprint density at radius 3 is 2.67 bits per heavy atom. The Morgan fingerprint density at radius 2 is 2.00 bits per heavy atom. The van der Waals surface area contributed by atoms with Crippen molar-refractivity contribution in [2.45, 2.75) is 33.6 Å². The standard InChI is InChI=1S/C23H28N4O3/c1-15(9-10-24-14-25-16(2)29)21-22(26-17-7-5-4-6-8-17)20-18(27-21)11-23(3,13-28)12-19(20)30/h4-10,26-28H,11-14H2,1-3H3,(H,25,29)/b15-9+,24-10?. The van der Waals surface area contributed by atoms with Gasteiger partial charge in [0.15, 0.2) is 5.78 Å². The fraction of sp³-hybridized carbons (Fsp3) is 0.348. The fourth-order valence-corrected chi connectivity index (χ4v) is 3.61. The van der Waals surface area contributed by atoms with Crippen LogP contribution in [0, 0.1) is 5.41 Å². The molecule has 1 aromatic heterocycles. The number of nitrogens with one attached hydrogen (secondary N) is 3. The highest BCUT2D eigenvalue weighted by molar-refractivity contribution is 6.07. The third kappa shape index (κ3) is 4.86. The summed E-state index contributed by atoms with van der Waals surface area (Å²) in [6.07, 6.45) is 4.37. The zero-order valence-corrected chi connectivity index (χ0v) is 17.6. The van der Waals surface area contributed by atoms with Crippen molar-refractivity contribution in [3.63, 3.8) is 0 Å². The number of carbonyl (C=O) groups is 2. The first-order valence-electron chi connectivity index (χ1n) is 9.95. The van der Waals surface area contributed by atoms with Crippen molar-refractivity contribution in [2.75, 3.05) is 18.6 Å². The first-order chi connectivity index (χ1) is 14.3. The maximum absolute atomic E-state index is 13.0. The van der Waals surface area contributed by atoms with E-state index in [4.69, 9.17) is 0 Å². The molecule has 3 rings (SSSR count). The maximum atomic E-state index is 13.0. The predicted octanol–water partition coefficient (Wildman–Crippen LogP) is 3.45. The van der Waals surface area contributed by atoms with Crippen molar-refractivity contribution >= 4 is 34.9 Å². The molecule has 1 aromatic carbocycles. The van der Waals surface area contributed by atoms with E-state index in [1.54, 1.807) is 6.21 Å². The van der Waals surface area contributed by atoms with Crippen LogP contribution in [-0.4, -0.2) is 41.3 Å². The Morgan fingerprint density at radius 1 is 1.27 bits per heavy atom. The van der Waals surface area contributed by atoms with E-state index in [9.17, 15) is 14.7 Å². The lowest BCUT2D eigenvalue weighted by atomic mass is 9.75. The van der Waals surface area contributed by atoms with Gasteiger partial charge in [0.05, 0.1) is 16.9 Å². The van der Waals surface area contributed by atoms with E-state index in [1.807, 2.05) is 50.3 Å². The number of fused-ring (bicyclic) bond motifs is 1. The molecule has 1 amide bonds. The van der Waals surface area contributed by atoms with Crippen LogP contribution in [-0.2, 0) is 11.2 Å². The Kier molecular flexibility index (Phi) is 6.52. The van der Waals surface area contributed by atoms with Crippen LogP contribution in [0.2, 0.25) is 0 Å². The number of ketones is 1. The highest BCUT2D eigenvalue weighted by atomic mass is 16.3. The summed E-state index contributed by atoms with van der Waals surface area (Å²) in [5.41, 5.74) is 4.36. The molecule has 1 aliphatic rings. The summed E-state index contributed by atoms with van der Waals surface area (Å²) in [6, 6.07) is 9.70. The molecule has 0 spiro atoms. The topological polar surface area (TPSA) is 107 Å². The average molecular weight is 409 g/mol. The number of aromatic amines is 1. The number of H-pyrrole nitrogens is 1. The second-order valence-electron chi connectivity index (χ2n) is 8.04. The minimum Gasteiger partial charge on any atom is -0.396 e. The number of benzene rings is 1. The highest BCUT2D eigenvalue weighted by Gasteiger charge is 2.38. The molecule has 30 heavy (non-hydrogen) atoms. The molecule has 7 nitrogen and oxygen atoms in total. The van der Waals surface area contributed by atoms with Crippen molar-refractivity contribution in [3.05, 3.63) is 53.4 Å². The number of hydrogen-bond donors (Lipinski definition) is 4. The van der Waals surface area contributed by atoms with Gasteiger partial charge in [-0.05, 0) is 37.1 Å². The second kappa shape index (κ2) is 9.09. The first-order valence-corrected chi connectivity index (χ1v) is 9.95. The minimum absolute atomic E-state index is 0.0147. The van der Waals surface area contributed by atoms with Crippen LogP contribution in [0.4, 0.5) is 11.4 Å². The Balaban J connectivity index is 1.98. The number of aliphatic hydroxyl groups is 1. The van der Waals surface area contributed by atoms with Crippen LogP contribution in [0.15, 0.2) is 41.4 Å². The molecule has 7 heteroatoms. The number of amides is 1. The lowest BCUT2D eigenvalue weighted by molar-refractivity contribution is -0.118. The Bertz CT molecular complexity index is 991. The number of para-hydroxylation sites is 1. The smallest absolute Gasteiger partial charge is 0.218 e. The number of Topliss-reactive ketones (excluding diaryl/α,β-unsaturated/α-hetero) is 1. The second-order valence-corrected chi connectivity index (χ2v) is 8.04. The lowest BCUT2D eigenvalue weighted by Gasteiger charge is -2.30. The van der Waals surface area contributed by atoms with Crippen LogP contribution in [0.3, 0.4) is 0 Å². The van der Waals surface area contributed by atoms with Crippen molar-refractivity contribution in [1.82, 2.24) is 10.3 Å². The molecule has 1 heterocycles. The van der Waals surface area contributed by atoms with Crippen LogP contribution >= 0.6 is 0 Å². The van der Waals surface area contributed by atoms with Crippen LogP contribution in [0.1, 0.15) is 48.9 Å². The number of nitrogens with zero attached hydrogens (tertiary/aromatic N) is 1. The van der Waals surface area contributed by atoms with E-state index >= 15 is 0 Å². The average Bonchev–Trinajstić information content (AvgIpc) is 3.06. The first kappa shape index (κ1) is 21.5. The van der Waals surface area contributed by atoms with Gasteiger partial charge >= 0.3 is 0 Å². The van der Waals surface area contributed by atoms with Crippen molar-refractivity contribution < 1.29 is 14.7 Å². The van der Waals surface area contributed by atoms with E-state index in [1.165, 1.54) is 6.92 Å². The molecular formula is C23H28N4O3. The number of carbonyl (C=O) groups excluding carboxylic acids is 2. The third-order valence-electron chi connectivity index (χ3n) is 5.22. The molecular weight excluding hydrogens is 380 g/mol. The molecule has 0 fully saturated rings. The number of rotatable bonds is 7. The van der Waals surface area contributed by atoms with Gasteiger partial charge in [0.2, 0.25) is 5.91 Å². The Labute approximate surface area is 176 Å². The van der Waals surface area contributed by atoms with Crippen LogP contribution < -0.4 is 10.6 Å². The zero-order valence-electron chi connectivity index (χ0n) is 17.6. The molecule has 1 atom stereocenters. The SMILES string of the molecule is CC(=O)NCN=C/C=C(\C)c1[nH]c2c(c1Nc1ccccc1)C(=O)CC(C)(CO)C2.